The molecule has 0 aliphatic heterocycles. The minimum atomic E-state index is 0.247. The third kappa shape index (κ3) is 1.77. The molecule has 2 rings (SSSR count). The maximum atomic E-state index is 11.2. The van der Waals surface area contributed by atoms with Crippen LogP contribution in [-0.4, -0.2) is 12.3 Å². The van der Waals surface area contributed by atoms with Gasteiger partial charge in [0.2, 0.25) is 6.54 Å². The second kappa shape index (κ2) is 3.79. The highest BCUT2D eigenvalue weighted by atomic mass is 16.1. The van der Waals surface area contributed by atoms with E-state index >= 15 is 0 Å². The highest BCUT2D eigenvalue weighted by Gasteiger charge is 2.24. The van der Waals surface area contributed by atoms with Crippen molar-refractivity contribution in [2.45, 2.75) is 25.7 Å². The van der Waals surface area contributed by atoms with E-state index < -0.39 is 0 Å². The third-order valence-corrected chi connectivity index (χ3v) is 3.01. The molecule has 0 radical (unpaired) electrons. The summed E-state index contributed by atoms with van der Waals surface area (Å²) >= 11 is 0. The Balaban J connectivity index is 2.23. The predicted octanol–water partition coefficient (Wildman–Crippen LogP) is 2.53. The van der Waals surface area contributed by atoms with Crippen molar-refractivity contribution in [3.05, 3.63) is 34.7 Å². The van der Waals surface area contributed by atoms with E-state index in [0.29, 0.717) is 18.9 Å². The molecule has 0 heterocycles. The van der Waals surface area contributed by atoms with Crippen LogP contribution >= 0.6 is 0 Å². The van der Waals surface area contributed by atoms with E-state index in [-0.39, 0.29) is 5.78 Å². The Morgan fingerprint density at radius 1 is 1.36 bits per heavy atom. The van der Waals surface area contributed by atoms with Crippen molar-refractivity contribution in [2.24, 2.45) is 5.92 Å². The lowest BCUT2D eigenvalue weighted by Gasteiger charge is -2.25. The Hall–Kier alpha value is -1.36. The summed E-state index contributed by atoms with van der Waals surface area (Å²) in [7, 11) is 0. The van der Waals surface area contributed by atoms with E-state index in [2.05, 4.69) is 10.9 Å². The molecule has 0 fully saturated rings. The van der Waals surface area contributed by atoms with Crippen molar-refractivity contribution in [3.63, 3.8) is 0 Å². The average Bonchev–Trinajstić information content (AvgIpc) is 2.17. The van der Waals surface area contributed by atoms with Gasteiger partial charge in [0.15, 0.2) is 5.78 Å². The van der Waals surface area contributed by atoms with E-state index in [9.17, 15) is 4.79 Å². The van der Waals surface area contributed by atoms with Crippen LogP contribution < -0.4 is 0 Å². The van der Waals surface area contributed by atoms with Crippen LogP contribution in [0.4, 0.5) is 0 Å². The molecule has 0 aromatic heterocycles. The summed E-state index contributed by atoms with van der Waals surface area (Å²) in [5.74, 6) is 0.832. The van der Waals surface area contributed by atoms with E-state index in [1.54, 1.807) is 6.08 Å². The normalized spacial score (nSPS) is 25.9. The summed E-state index contributed by atoms with van der Waals surface area (Å²) < 4.78 is 0. The van der Waals surface area contributed by atoms with Gasteiger partial charge >= 0.3 is 0 Å². The zero-order valence-electron chi connectivity index (χ0n) is 8.12. The molecule has 0 spiro atoms. The van der Waals surface area contributed by atoms with Gasteiger partial charge in [-0.2, -0.15) is 0 Å². The Labute approximate surface area is 84.1 Å². The van der Waals surface area contributed by atoms with Crippen molar-refractivity contribution in [1.82, 2.24) is 0 Å². The quantitative estimate of drug-likeness (QED) is 0.578. The van der Waals surface area contributed by atoms with Gasteiger partial charge in [-0.25, -0.2) is 6.57 Å². The first kappa shape index (κ1) is 9.21. The van der Waals surface area contributed by atoms with Crippen LogP contribution in [0.3, 0.4) is 0 Å². The van der Waals surface area contributed by atoms with Gasteiger partial charge in [0, 0.05) is 12.0 Å². The largest absolute Gasteiger partial charge is 0.312 e. The first-order valence-electron chi connectivity index (χ1n) is 5.06. The number of rotatable bonds is 1. The summed E-state index contributed by atoms with van der Waals surface area (Å²) in [4.78, 5) is 14.6. The summed E-state index contributed by atoms with van der Waals surface area (Å²) in [6, 6.07) is 0. The number of nitrogens with zero attached hydrogens (tertiary/aromatic N) is 1. The predicted molar refractivity (Wildman–Crippen MR) is 54.6 cm³/mol. The van der Waals surface area contributed by atoms with E-state index in [0.717, 1.165) is 19.3 Å². The van der Waals surface area contributed by atoms with Gasteiger partial charge in [-0.3, -0.25) is 4.79 Å². The number of allylic oxidation sites excluding steroid dienone is 3. The van der Waals surface area contributed by atoms with Gasteiger partial charge in [-0.15, -0.1) is 0 Å². The number of fused-ring (bicyclic) bond motifs is 1. The molecule has 0 bridgehead atoms. The first-order valence-corrected chi connectivity index (χ1v) is 5.06. The second-order valence-electron chi connectivity index (χ2n) is 4.00. The standard InChI is InChI=1S/C12H13NO/c1-13-8-9-2-3-10-4-5-12(14)7-11(10)6-9/h6-7,10H,2-5,8H2. The van der Waals surface area contributed by atoms with Crippen molar-refractivity contribution >= 4 is 5.78 Å². The fourth-order valence-electron chi connectivity index (χ4n) is 2.22. The Bertz CT molecular complexity index is 357. The minimum absolute atomic E-state index is 0.247. The van der Waals surface area contributed by atoms with Crippen LogP contribution in [-0.2, 0) is 4.79 Å². The van der Waals surface area contributed by atoms with Gasteiger partial charge in [0.25, 0.3) is 0 Å². The maximum Gasteiger partial charge on any atom is 0.236 e. The van der Waals surface area contributed by atoms with Crippen molar-refractivity contribution in [1.29, 1.82) is 0 Å². The summed E-state index contributed by atoms with van der Waals surface area (Å²) in [6.45, 7) is 7.31. The SMILES string of the molecule is [C-]#[N+]CC1=CC2=CC(=O)CCC2CC1. The average molecular weight is 187 g/mol. The Morgan fingerprint density at radius 3 is 2.93 bits per heavy atom. The third-order valence-electron chi connectivity index (χ3n) is 3.01. The summed E-state index contributed by atoms with van der Waals surface area (Å²) in [6.07, 6.45) is 7.73. The fourth-order valence-corrected chi connectivity index (χ4v) is 2.22. The Morgan fingerprint density at radius 2 is 2.14 bits per heavy atom. The number of carbonyl (C=O) groups is 1. The Kier molecular flexibility index (Phi) is 2.49. The molecule has 1 atom stereocenters. The lowest BCUT2D eigenvalue weighted by molar-refractivity contribution is -0.115. The highest BCUT2D eigenvalue weighted by Crippen LogP contribution is 2.34. The molecule has 0 aromatic carbocycles. The highest BCUT2D eigenvalue weighted by molar-refractivity contribution is 5.91. The molecule has 14 heavy (non-hydrogen) atoms. The molecule has 72 valence electrons. The maximum absolute atomic E-state index is 11.2. The van der Waals surface area contributed by atoms with Gasteiger partial charge in [0.1, 0.15) is 0 Å². The molecule has 2 nitrogen and oxygen atoms in total. The first-order chi connectivity index (χ1) is 6.79. The van der Waals surface area contributed by atoms with Crippen molar-refractivity contribution < 1.29 is 4.79 Å². The van der Waals surface area contributed by atoms with Crippen LogP contribution in [0.2, 0.25) is 0 Å². The van der Waals surface area contributed by atoms with Gasteiger partial charge in [-0.05, 0) is 36.8 Å². The van der Waals surface area contributed by atoms with Crippen LogP contribution in [0.1, 0.15) is 25.7 Å². The van der Waals surface area contributed by atoms with Crippen molar-refractivity contribution in [3.8, 4) is 0 Å². The van der Waals surface area contributed by atoms with Crippen LogP contribution in [0.5, 0.6) is 0 Å². The smallest absolute Gasteiger partial charge is 0.236 e. The number of carbonyl (C=O) groups excluding carboxylic acids is 1. The second-order valence-corrected chi connectivity index (χ2v) is 4.00. The van der Waals surface area contributed by atoms with Gasteiger partial charge in [-0.1, -0.05) is 6.08 Å². The summed E-state index contributed by atoms with van der Waals surface area (Å²) in [5.41, 5.74) is 2.36. The molecule has 1 unspecified atom stereocenters. The zero-order valence-corrected chi connectivity index (χ0v) is 8.12. The summed E-state index contributed by atoms with van der Waals surface area (Å²) in [5, 5.41) is 0. The van der Waals surface area contributed by atoms with Crippen LogP contribution in [0.15, 0.2) is 23.3 Å². The van der Waals surface area contributed by atoms with Gasteiger partial charge in [0.05, 0.1) is 0 Å². The zero-order chi connectivity index (χ0) is 9.97. The lowest BCUT2D eigenvalue weighted by Crippen LogP contribution is -2.17. The molecule has 2 aliphatic rings. The van der Waals surface area contributed by atoms with Crippen molar-refractivity contribution in [2.75, 3.05) is 6.54 Å². The minimum Gasteiger partial charge on any atom is -0.312 e. The molecule has 0 aromatic rings. The molecule has 0 amide bonds. The molecule has 2 aliphatic carbocycles. The molecule has 0 saturated heterocycles. The molecular formula is C12H13NO. The number of ketones is 1. The van der Waals surface area contributed by atoms with E-state index in [4.69, 9.17) is 6.57 Å². The number of hydrogen-bond acceptors (Lipinski definition) is 1. The monoisotopic (exact) mass is 187 g/mol. The number of hydrogen-bond donors (Lipinski definition) is 0. The topological polar surface area (TPSA) is 21.4 Å². The van der Waals surface area contributed by atoms with Crippen LogP contribution in [0, 0.1) is 12.5 Å². The van der Waals surface area contributed by atoms with Crippen LogP contribution in [0.25, 0.3) is 4.85 Å². The molecular weight excluding hydrogens is 174 g/mol. The molecule has 2 heteroatoms. The molecule has 0 saturated carbocycles. The lowest BCUT2D eigenvalue weighted by atomic mass is 9.78. The van der Waals surface area contributed by atoms with E-state index in [1.165, 1.54) is 11.1 Å². The van der Waals surface area contributed by atoms with E-state index in [1.807, 2.05) is 0 Å². The van der Waals surface area contributed by atoms with Gasteiger partial charge < -0.3 is 4.85 Å². The molecule has 0 N–H and O–H groups in total. The fraction of sp³-hybridized carbons (Fsp3) is 0.500.